The van der Waals surface area contributed by atoms with Crippen molar-refractivity contribution in [2.45, 2.75) is 40.5 Å². The van der Waals surface area contributed by atoms with Crippen LogP contribution in [0.2, 0.25) is 0 Å². The van der Waals surface area contributed by atoms with Gasteiger partial charge in [0.05, 0.1) is 0 Å². The summed E-state index contributed by atoms with van der Waals surface area (Å²) < 4.78 is 0. The summed E-state index contributed by atoms with van der Waals surface area (Å²) in [6.45, 7) is 14.7. The fourth-order valence-electron chi connectivity index (χ4n) is 1.47. The van der Waals surface area contributed by atoms with Crippen molar-refractivity contribution in [1.29, 1.82) is 0 Å². The Kier molecular flexibility index (Phi) is 9.42. The first kappa shape index (κ1) is 13.9. The van der Waals surface area contributed by atoms with E-state index in [1.54, 1.807) is 0 Å². The molecule has 1 radical (unpaired) electrons. The Hall–Kier alpha value is -0.0800. The van der Waals surface area contributed by atoms with E-state index in [0.29, 0.717) is 0 Å². The molecule has 0 heterocycles. The Labute approximate surface area is 90.1 Å². The van der Waals surface area contributed by atoms with Gasteiger partial charge in [-0.3, -0.25) is 0 Å². The molecule has 0 aromatic heterocycles. The Bertz CT molecular complexity index is 109. The van der Waals surface area contributed by atoms with Crippen molar-refractivity contribution in [2.24, 2.45) is 0 Å². The molecule has 0 aliphatic rings. The van der Waals surface area contributed by atoms with E-state index in [9.17, 15) is 0 Å². The van der Waals surface area contributed by atoms with Crippen LogP contribution in [0.1, 0.15) is 40.5 Å². The quantitative estimate of drug-likeness (QED) is 0.573. The van der Waals surface area contributed by atoms with Crippen molar-refractivity contribution < 1.29 is 0 Å². The summed E-state index contributed by atoms with van der Waals surface area (Å²) in [6.07, 6.45) is 2.54. The third kappa shape index (κ3) is 8.52. The van der Waals surface area contributed by atoms with Gasteiger partial charge in [-0.2, -0.15) is 0 Å². The minimum Gasteiger partial charge on any atom is -0.315 e. The van der Waals surface area contributed by atoms with Crippen molar-refractivity contribution in [3.8, 4) is 0 Å². The highest BCUT2D eigenvalue weighted by Crippen LogP contribution is 2.03. The summed E-state index contributed by atoms with van der Waals surface area (Å²) in [6, 6.07) is 0. The summed E-state index contributed by atoms with van der Waals surface area (Å²) in [4.78, 5) is 2.45. The second-order valence-corrected chi connectivity index (χ2v) is 4.09. The van der Waals surface area contributed by atoms with Crippen LogP contribution in [-0.2, 0) is 0 Å². The summed E-state index contributed by atoms with van der Waals surface area (Å²) >= 11 is 0. The number of nitrogens with zero attached hydrogens (tertiary/aromatic N) is 1. The van der Waals surface area contributed by atoms with Gasteiger partial charge in [-0.1, -0.05) is 27.7 Å². The highest BCUT2D eigenvalue weighted by molar-refractivity contribution is 4.76. The number of hydrogen-bond acceptors (Lipinski definition) is 2. The maximum absolute atomic E-state index is 3.48. The molecule has 0 atom stereocenters. The average Bonchev–Trinajstić information content (AvgIpc) is 2.16. The van der Waals surface area contributed by atoms with Crippen molar-refractivity contribution in [1.82, 2.24) is 10.2 Å². The van der Waals surface area contributed by atoms with Crippen LogP contribution >= 0.6 is 0 Å². The smallest absolute Gasteiger partial charge is 0.0107 e. The monoisotopic (exact) mass is 199 g/mol. The zero-order valence-corrected chi connectivity index (χ0v) is 10.4. The average molecular weight is 199 g/mol. The first-order valence-electron chi connectivity index (χ1n) is 5.92. The van der Waals surface area contributed by atoms with Gasteiger partial charge in [-0.25, -0.2) is 0 Å². The van der Waals surface area contributed by atoms with Crippen LogP contribution in [0.25, 0.3) is 0 Å². The van der Waals surface area contributed by atoms with Gasteiger partial charge in [0, 0.05) is 13.1 Å². The lowest BCUT2D eigenvalue weighted by atomic mass is 10.1. The third-order valence-electron chi connectivity index (χ3n) is 2.53. The molecule has 0 rings (SSSR count). The predicted octanol–water partition coefficient (Wildman–Crippen LogP) is 2.31. The highest BCUT2D eigenvalue weighted by atomic mass is 15.1. The third-order valence-corrected chi connectivity index (χ3v) is 2.53. The Balaban J connectivity index is 3.12. The van der Waals surface area contributed by atoms with Gasteiger partial charge in [0.2, 0.25) is 0 Å². The predicted molar refractivity (Wildman–Crippen MR) is 64.5 cm³/mol. The number of nitrogens with one attached hydrogen (secondary N) is 1. The molecular weight excluding hydrogens is 172 g/mol. The van der Waals surface area contributed by atoms with Crippen LogP contribution in [0, 0.1) is 5.92 Å². The molecule has 0 aliphatic carbocycles. The second kappa shape index (κ2) is 9.47. The molecule has 0 saturated carbocycles. The molecule has 0 aliphatic heterocycles. The Morgan fingerprint density at radius 3 is 2.21 bits per heavy atom. The summed E-state index contributed by atoms with van der Waals surface area (Å²) in [5.41, 5.74) is 0. The van der Waals surface area contributed by atoms with Crippen molar-refractivity contribution in [2.75, 3.05) is 32.7 Å². The molecule has 85 valence electrons. The van der Waals surface area contributed by atoms with E-state index in [2.05, 4.69) is 37.9 Å². The van der Waals surface area contributed by atoms with E-state index < -0.39 is 0 Å². The van der Waals surface area contributed by atoms with Gasteiger partial charge >= 0.3 is 0 Å². The molecule has 0 amide bonds. The van der Waals surface area contributed by atoms with Gasteiger partial charge in [0.15, 0.2) is 0 Å². The van der Waals surface area contributed by atoms with Gasteiger partial charge in [0.1, 0.15) is 0 Å². The summed E-state index contributed by atoms with van der Waals surface area (Å²) in [7, 11) is 0. The number of rotatable bonds is 9. The fourth-order valence-corrected chi connectivity index (χ4v) is 1.47. The van der Waals surface area contributed by atoms with E-state index >= 15 is 0 Å². The molecule has 0 saturated heterocycles. The largest absolute Gasteiger partial charge is 0.315 e. The van der Waals surface area contributed by atoms with E-state index in [0.717, 1.165) is 13.1 Å². The Morgan fingerprint density at radius 2 is 1.71 bits per heavy atom. The minimum absolute atomic E-state index is 1.13. The van der Waals surface area contributed by atoms with Crippen molar-refractivity contribution in [3.05, 3.63) is 5.92 Å². The lowest BCUT2D eigenvalue weighted by Gasteiger charge is -2.18. The van der Waals surface area contributed by atoms with Gasteiger partial charge < -0.3 is 10.2 Å². The van der Waals surface area contributed by atoms with Gasteiger partial charge in [-0.05, 0) is 38.4 Å². The van der Waals surface area contributed by atoms with Crippen LogP contribution < -0.4 is 5.32 Å². The molecule has 0 spiro atoms. The van der Waals surface area contributed by atoms with Gasteiger partial charge in [0.25, 0.3) is 0 Å². The molecule has 0 aromatic carbocycles. The molecular formula is C12H27N2. The van der Waals surface area contributed by atoms with Crippen molar-refractivity contribution in [3.63, 3.8) is 0 Å². The SMILES string of the molecule is CCN(CC)CCNCCC[C](C)C. The van der Waals surface area contributed by atoms with Gasteiger partial charge in [-0.15, -0.1) is 0 Å². The lowest BCUT2D eigenvalue weighted by Crippen LogP contribution is -2.32. The van der Waals surface area contributed by atoms with E-state index in [1.807, 2.05) is 0 Å². The second-order valence-electron chi connectivity index (χ2n) is 4.09. The van der Waals surface area contributed by atoms with E-state index in [4.69, 9.17) is 0 Å². The van der Waals surface area contributed by atoms with Crippen LogP contribution in [-0.4, -0.2) is 37.6 Å². The van der Waals surface area contributed by atoms with E-state index in [-0.39, 0.29) is 0 Å². The molecule has 0 bridgehead atoms. The standard InChI is InChI=1S/C12H27N2/c1-5-14(6-2)11-10-13-9-7-8-12(3)4/h13H,5-11H2,1-4H3. The van der Waals surface area contributed by atoms with Crippen LogP contribution in [0.4, 0.5) is 0 Å². The van der Waals surface area contributed by atoms with Crippen LogP contribution in [0.5, 0.6) is 0 Å². The number of likely N-dealkylation sites (N-methyl/N-ethyl adjacent to an activating group) is 1. The lowest BCUT2D eigenvalue weighted by molar-refractivity contribution is 0.302. The molecule has 2 nitrogen and oxygen atoms in total. The molecule has 1 N–H and O–H groups in total. The molecule has 0 aromatic rings. The van der Waals surface area contributed by atoms with Crippen molar-refractivity contribution >= 4 is 0 Å². The summed E-state index contributed by atoms with van der Waals surface area (Å²) in [5, 5.41) is 3.48. The maximum Gasteiger partial charge on any atom is 0.0107 e. The molecule has 14 heavy (non-hydrogen) atoms. The molecule has 0 fully saturated rings. The Morgan fingerprint density at radius 1 is 1.07 bits per heavy atom. The molecule has 2 heteroatoms. The molecule has 0 unspecified atom stereocenters. The van der Waals surface area contributed by atoms with Crippen LogP contribution in [0.3, 0.4) is 0 Å². The topological polar surface area (TPSA) is 15.3 Å². The van der Waals surface area contributed by atoms with E-state index in [1.165, 1.54) is 38.4 Å². The normalized spacial score (nSPS) is 11.6. The number of hydrogen-bond donors (Lipinski definition) is 1. The first-order chi connectivity index (χ1) is 6.70. The highest BCUT2D eigenvalue weighted by Gasteiger charge is 1.97. The minimum atomic E-state index is 1.13. The first-order valence-corrected chi connectivity index (χ1v) is 5.92. The fraction of sp³-hybridized carbons (Fsp3) is 0.917. The maximum atomic E-state index is 3.48. The van der Waals surface area contributed by atoms with Crippen LogP contribution in [0.15, 0.2) is 0 Å². The zero-order valence-electron chi connectivity index (χ0n) is 10.4. The summed E-state index contributed by atoms with van der Waals surface area (Å²) in [5.74, 6) is 1.54. The zero-order chi connectivity index (χ0) is 10.8.